The Balaban J connectivity index is 1.66. The van der Waals surface area contributed by atoms with E-state index in [0.29, 0.717) is 12.1 Å². The Kier molecular flexibility index (Phi) is 5.25. The minimum atomic E-state index is -0.0728. The molecule has 25 heavy (non-hydrogen) atoms. The second kappa shape index (κ2) is 7.58. The van der Waals surface area contributed by atoms with Crippen LogP contribution >= 0.6 is 11.3 Å². The fourth-order valence-corrected chi connectivity index (χ4v) is 3.77. The third-order valence-corrected chi connectivity index (χ3v) is 5.25. The first-order valence-corrected chi connectivity index (χ1v) is 8.88. The van der Waals surface area contributed by atoms with E-state index in [0.717, 1.165) is 5.69 Å². The molecule has 130 valence electrons. The molecule has 6 nitrogen and oxygen atoms in total. The van der Waals surface area contributed by atoms with E-state index < -0.39 is 0 Å². The SMILES string of the molecule is Cc1ccsc1[C@H](CNC(=O)c1ccc(-n2cnnc2)cc1)N(C)C. The van der Waals surface area contributed by atoms with Crippen LogP contribution in [0.1, 0.15) is 26.8 Å². The first kappa shape index (κ1) is 17.3. The van der Waals surface area contributed by atoms with Crippen molar-refractivity contribution in [1.82, 2.24) is 25.0 Å². The fraction of sp³-hybridized carbons (Fsp3) is 0.278. The van der Waals surface area contributed by atoms with E-state index in [1.54, 1.807) is 28.6 Å². The van der Waals surface area contributed by atoms with Crippen molar-refractivity contribution < 1.29 is 4.79 Å². The normalized spacial score (nSPS) is 12.3. The first-order valence-electron chi connectivity index (χ1n) is 8.00. The molecule has 0 aliphatic carbocycles. The number of hydrogen-bond donors (Lipinski definition) is 1. The number of carbonyl (C=O) groups is 1. The molecule has 0 unspecified atom stereocenters. The largest absolute Gasteiger partial charge is 0.350 e. The fourth-order valence-electron chi connectivity index (χ4n) is 2.65. The Morgan fingerprint density at radius 3 is 2.44 bits per heavy atom. The van der Waals surface area contributed by atoms with Gasteiger partial charge in [-0.3, -0.25) is 9.36 Å². The molecule has 7 heteroatoms. The molecule has 0 bridgehead atoms. The molecule has 0 spiro atoms. The van der Waals surface area contributed by atoms with Crippen molar-refractivity contribution in [2.24, 2.45) is 0 Å². The Morgan fingerprint density at radius 2 is 1.88 bits per heavy atom. The number of carbonyl (C=O) groups excluding carboxylic acids is 1. The highest BCUT2D eigenvalue weighted by Gasteiger charge is 2.18. The highest BCUT2D eigenvalue weighted by Crippen LogP contribution is 2.26. The first-order chi connectivity index (χ1) is 12.1. The maximum atomic E-state index is 12.5. The van der Waals surface area contributed by atoms with Gasteiger partial charge in [0.15, 0.2) is 0 Å². The second-order valence-corrected chi connectivity index (χ2v) is 7.02. The minimum absolute atomic E-state index is 0.0728. The molecule has 3 rings (SSSR count). The topological polar surface area (TPSA) is 63.1 Å². The Morgan fingerprint density at radius 1 is 1.20 bits per heavy atom. The van der Waals surface area contributed by atoms with E-state index >= 15 is 0 Å². The lowest BCUT2D eigenvalue weighted by Gasteiger charge is -2.24. The molecule has 2 heterocycles. The van der Waals surface area contributed by atoms with E-state index in [1.807, 2.05) is 38.4 Å². The summed E-state index contributed by atoms with van der Waals surface area (Å²) in [5.41, 5.74) is 2.82. The number of rotatable bonds is 6. The van der Waals surface area contributed by atoms with Crippen LogP contribution in [0.5, 0.6) is 0 Å². The Bertz CT molecular complexity index is 824. The van der Waals surface area contributed by atoms with Crippen molar-refractivity contribution in [3.8, 4) is 5.69 Å². The van der Waals surface area contributed by atoms with Gasteiger partial charge >= 0.3 is 0 Å². The number of nitrogens with one attached hydrogen (secondary N) is 1. The van der Waals surface area contributed by atoms with E-state index in [2.05, 4.69) is 38.8 Å². The van der Waals surface area contributed by atoms with E-state index in [-0.39, 0.29) is 11.9 Å². The lowest BCUT2D eigenvalue weighted by atomic mass is 10.1. The Hall–Kier alpha value is -2.51. The van der Waals surface area contributed by atoms with Crippen molar-refractivity contribution in [1.29, 1.82) is 0 Å². The average Bonchev–Trinajstić information content (AvgIpc) is 3.27. The summed E-state index contributed by atoms with van der Waals surface area (Å²) in [6.45, 7) is 2.67. The smallest absolute Gasteiger partial charge is 0.251 e. The van der Waals surface area contributed by atoms with Crippen LogP contribution in [0.4, 0.5) is 0 Å². The van der Waals surface area contributed by atoms with Crippen molar-refractivity contribution in [2.45, 2.75) is 13.0 Å². The van der Waals surface area contributed by atoms with E-state index in [9.17, 15) is 4.79 Å². The number of amides is 1. The van der Waals surface area contributed by atoms with Gasteiger partial charge in [-0.05, 0) is 62.3 Å². The van der Waals surface area contributed by atoms with E-state index in [1.165, 1.54) is 10.4 Å². The number of likely N-dealkylation sites (N-methyl/N-ethyl adjacent to an activating group) is 1. The maximum absolute atomic E-state index is 12.5. The zero-order valence-corrected chi connectivity index (χ0v) is 15.3. The monoisotopic (exact) mass is 355 g/mol. The summed E-state index contributed by atoms with van der Waals surface area (Å²) >= 11 is 1.73. The van der Waals surface area contributed by atoms with Crippen molar-refractivity contribution >= 4 is 17.2 Å². The molecule has 3 aromatic rings. The average molecular weight is 355 g/mol. The van der Waals surface area contributed by atoms with Crippen molar-refractivity contribution in [2.75, 3.05) is 20.6 Å². The van der Waals surface area contributed by atoms with Crippen LogP contribution in [-0.4, -0.2) is 46.2 Å². The lowest BCUT2D eigenvalue weighted by Crippen LogP contribution is -2.34. The summed E-state index contributed by atoms with van der Waals surface area (Å²) in [5, 5.41) is 12.7. The summed E-state index contributed by atoms with van der Waals surface area (Å²) in [6, 6.07) is 9.66. The zero-order chi connectivity index (χ0) is 17.8. The lowest BCUT2D eigenvalue weighted by molar-refractivity contribution is 0.0942. The van der Waals surface area contributed by atoms with Crippen LogP contribution in [0.15, 0.2) is 48.4 Å². The van der Waals surface area contributed by atoms with Crippen molar-refractivity contribution in [3.63, 3.8) is 0 Å². The molecule has 0 radical (unpaired) electrons. The van der Waals surface area contributed by atoms with Gasteiger partial charge in [-0.25, -0.2) is 0 Å². The highest BCUT2D eigenvalue weighted by molar-refractivity contribution is 7.10. The minimum Gasteiger partial charge on any atom is -0.350 e. The van der Waals surface area contributed by atoms with Crippen LogP contribution < -0.4 is 5.32 Å². The van der Waals surface area contributed by atoms with Crippen molar-refractivity contribution in [3.05, 3.63) is 64.4 Å². The van der Waals surface area contributed by atoms with Gasteiger partial charge in [-0.1, -0.05) is 0 Å². The molecule has 1 atom stereocenters. The molecule has 0 aliphatic heterocycles. The van der Waals surface area contributed by atoms with Crippen LogP contribution in [-0.2, 0) is 0 Å². The van der Waals surface area contributed by atoms with Crippen LogP contribution in [0.2, 0.25) is 0 Å². The molecular formula is C18H21N5OS. The standard InChI is InChI=1S/C18H21N5OS/c1-13-8-9-25-17(13)16(22(2)3)10-19-18(24)14-4-6-15(7-5-14)23-11-20-21-12-23/h4-9,11-12,16H,10H2,1-3H3,(H,19,24)/t16-/m0/s1. The molecular weight excluding hydrogens is 334 g/mol. The van der Waals surface area contributed by atoms with Gasteiger partial charge in [0.1, 0.15) is 12.7 Å². The predicted octanol–water partition coefficient (Wildman–Crippen LogP) is 2.67. The predicted molar refractivity (Wildman–Crippen MR) is 99.2 cm³/mol. The van der Waals surface area contributed by atoms with Gasteiger partial charge in [0.25, 0.3) is 5.91 Å². The van der Waals surface area contributed by atoms with Gasteiger partial charge in [0, 0.05) is 22.7 Å². The summed E-state index contributed by atoms with van der Waals surface area (Å²) in [4.78, 5) is 15.9. The van der Waals surface area contributed by atoms with Gasteiger partial charge in [-0.15, -0.1) is 21.5 Å². The van der Waals surface area contributed by atoms with Gasteiger partial charge in [-0.2, -0.15) is 0 Å². The quantitative estimate of drug-likeness (QED) is 0.738. The summed E-state index contributed by atoms with van der Waals surface area (Å²) in [6.07, 6.45) is 3.25. The zero-order valence-electron chi connectivity index (χ0n) is 14.5. The number of aromatic nitrogens is 3. The summed E-state index contributed by atoms with van der Waals surface area (Å²) in [5.74, 6) is -0.0728. The molecule has 1 amide bonds. The second-order valence-electron chi connectivity index (χ2n) is 6.07. The summed E-state index contributed by atoms with van der Waals surface area (Å²) in [7, 11) is 4.06. The molecule has 0 saturated carbocycles. The molecule has 1 aromatic carbocycles. The molecule has 2 aromatic heterocycles. The van der Waals surface area contributed by atoms with Crippen LogP contribution in [0.3, 0.4) is 0 Å². The third-order valence-electron chi connectivity index (χ3n) is 4.13. The number of aryl methyl sites for hydroxylation is 1. The number of thiophene rings is 1. The van der Waals surface area contributed by atoms with Gasteiger partial charge in [0.05, 0.1) is 6.04 Å². The Labute approximate surface area is 151 Å². The van der Waals surface area contributed by atoms with Gasteiger partial charge < -0.3 is 10.2 Å². The highest BCUT2D eigenvalue weighted by atomic mass is 32.1. The van der Waals surface area contributed by atoms with E-state index in [4.69, 9.17) is 0 Å². The maximum Gasteiger partial charge on any atom is 0.251 e. The van der Waals surface area contributed by atoms with Gasteiger partial charge in [0.2, 0.25) is 0 Å². The number of benzene rings is 1. The van der Waals surface area contributed by atoms with Crippen LogP contribution in [0, 0.1) is 6.92 Å². The van der Waals surface area contributed by atoms with Crippen LogP contribution in [0.25, 0.3) is 5.69 Å². The molecule has 0 aliphatic rings. The summed E-state index contributed by atoms with van der Waals surface area (Å²) < 4.78 is 1.79. The number of hydrogen-bond acceptors (Lipinski definition) is 5. The molecule has 0 fully saturated rings. The third kappa shape index (κ3) is 3.94. The molecule has 0 saturated heterocycles. The number of nitrogens with zero attached hydrogens (tertiary/aromatic N) is 4. The molecule has 1 N–H and O–H groups in total.